The Labute approximate surface area is 344 Å². The molecular formula is C53H94O2. The minimum absolute atomic E-state index is 0.0629. The third-order valence-electron chi connectivity index (χ3n) is 16.5. The van der Waals surface area contributed by atoms with E-state index in [1.165, 1.54) is 173 Å². The van der Waals surface area contributed by atoms with Gasteiger partial charge in [0.1, 0.15) is 6.10 Å². The van der Waals surface area contributed by atoms with Crippen molar-refractivity contribution in [3.05, 3.63) is 23.8 Å². The van der Waals surface area contributed by atoms with Crippen molar-refractivity contribution in [2.45, 2.75) is 254 Å². The minimum Gasteiger partial charge on any atom is -0.462 e. The number of hydrogen-bond acceptors (Lipinski definition) is 2. The Morgan fingerprint density at radius 1 is 0.691 bits per heavy atom. The molecule has 318 valence electrons. The Hall–Kier alpha value is -1.05. The van der Waals surface area contributed by atoms with Crippen molar-refractivity contribution in [3.8, 4) is 0 Å². The summed E-state index contributed by atoms with van der Waals surface area (Å²) in [4.78, 5) is 12.9. The number of carbonyl (C=O) groups is 1. The second-order valence-corrected chi connectivity index (χ2v) is 20.7. The lowest BCUT2D eigenvalue weighted by Crippen LogP contribution is -2.51. The fourth-order valence-electron chi connectivity index (χ4n) is 12.9. The van der Waals surface area contributed by atoms with Gasteiger partial charge in [-0.3, -0.25) is 4.79 Å². The molecule has 0 aromatic rings. The van der Waals surface area contributed by atoms with Crippen LogP contribution < -0.4 is 0 Å². The average Bonchev–Trinajstić information content (AvgIpc) is 3.53. The first kappa shape index (κ1) is 46.6. The van der Waals surface area contributed by atoms with Gasteiger partial charge in [-0.15, -0.1) is 0 Å². The second-order valence-electron chi connectivity index (χ2n) is 20.7. The van der Waals surface area contributed by atoms with Crippen LogP contribution in [0, 0.1) is 52.3 Å². The Bertz CT molecular complexity index is 1120. The number of rotatable bonds is 28. The molecule has 4 rings (SSSR count). The fourth-order valence-corrected chi connectivity index (χ4v) is 12.9. The summed E-state index contributed by atoms with van der Waals surface area (Å²) in [5.74, 6) is 5.56. The molecule has 4 aliphatic carbocycles. The molecule has 0 saturated heterocycles. The molecule has 0 radical (unpaired) electrons. The standard InChI is InChI=1S/C53H94O2/c1-8-10-11-12-13-14-15-16-17-18-19-20-21-22-23-24-25-26-27-28-29-30-51(54)55-46-37-39-52(6)45(41-46)33-34-47-49-36-35-48(53(49,7)40-38-50(47)52)43(5)31-32-44(9-2)42(3)4/h31-33,42-44,46-50H,8-30,34-41H2,1-7H3/b32-31+. The summed E-state index contributed by atoms with van der Waals surface area (Å²) in [6, 6.07) is 0. The molecule has 3 fully saturated rings. The molecule has 55 heavy (non-hydrogen) atoms. The molecule has 9 atom stereocenters. The fraction of sp³-hybridized carbons (Fsp3) is 0.906. The molecule has 2 heteroatoms. The maximum Gasteiger partial charge on any atom is 0.306 e. The van der Waals surface area contributed by atoms with Crippen LogP contribution in [0.4, 0.5) is 0 Å². The topological polar surface area (TPSA) is 26.3 Å². The molecule has 0 spiro atoms. The lowest BCUT2D eigenvalue weighted by molar-refractivity contribution is -0.151. The van der Waals surface area contributed by atoms with E-state index in [0.717, 1.165) is 48.9 Å². The molecular weight excluding hydrogens is 669 g/mol. The van der Waals surface area contributed by atoms with E-state index < -0.39 is 0 Å². The molecule has 0 aromatic carbocycles. The molecule has 0 aliphatic heterocycles. The van der Waals surface area contributed by atoms with Crippen molar-refractivity contribution < 1.29 is 9.53 Å². The normalized spacial score (nSPS) is 30.2. The highest BCUT2D eigenvalue weighted by Crippen LogP contribution is 2.67. The smallest absolute Gasteiger partial charge is 0.306 e. The van der Waals surface area contributed by atoms with Crippen LogP contribution in [0.1, 0.15) is 248 Å². The van der Waals surface area contributed by atoms with Crippen molar-refractivity contribution in [2.24, 2.45) is 52.3 Å². The summed E-state index contributed by atoms with van der Waals surface area (Å²) >= 11 is 0. The average molecular weight is 763 g/mol. The summed E-state index contributed by atoms with van der Waals surface area (Å²) < 4.78 is 6.17. The highest BCUT2D eigenvalue weighted by molar-refractivity contribution is 5.69. The lowest BCUT2D eigenvalue weighted by Gasteiger charge is -2.58. The molecule has 4 aliphatic rings. The monoisotopic (exact) mass is 763 g/mol. The predicted octanol–water partition coefficient (Wildman–Crippen LogP) is 17.0. The maximum atomic E-state index is 12.9. The number of esters is 1. The summed E-state index contributed by atoms with van der Waals surface area (Å²) in [5.41, 5.74) is 2.44. The van der Waals surface area contributed by atoms with Crippen LogP contribution in [0.3, 0.4) is 0 Å². The SMILES string of the molecule is CCCCCCCCCCCCCCCCCCCCCCCC(=O)OC1CCC2(C)C(=CCC3C2CCC2(C)C(C(C)/C=C/C(CC)C(C)C)CCC32)C1. The van der Waals surface area contributed by atoms with Crippen LogP contribution in [-0.2, 0) is 9.53 Å². The first-order valence-corrected chi connectivity index (χ1v) is 25.2. The first-order chi connectivity index (χ1) is 26.6. The van der Waals surface area contributed by atoms with Gasteiger partial charge in [-0.2, -0.15) is 0 Å². The van der Waals surface area contributed by atoms with E-state index in [0.29, 0.717) is 29.1 Å². The number of allylic oxidation sites excluding steroid dienone is 3. The zero-order valence-electron chi connectivity index (χ0n) is 38.1. The Kier molecular flexibility index (Phi) is 21.0. The largest absolute Gasteiger partial charge is 0.462 e. The van der Waals surface area contributed by atoms with Gasteiger partial charge >= 0.3 is 5.97 Å². The van der Waals surface area contributed by atoms with Gasteiger partial charge in [0.2, 0.25) is 0 Å². The molecule has 0 amide bonds. The van der Waals surface area contributed by atoms with Crippen molar-refractivity contribution in [1.29, 1.82) is 0 Å². The highest BCUT2D eigenvalue weighted by atomic mass is 16.5. The van der Waals surface area contributed by atoms with Gasteiger partial charge in [-0.05, 0) is 110 Å². The Balaban J connectivity index is 1.03. The number of carbonyl (C=O) groups excluding carboxylic acids is 1. The third kappa shape index (κ3) is 14.0. The number of hydrogen-bond donors (Lipinski definition) is 0. The van der Waals surface area contributed by atoms with Crippen molar-refractivity contribution >= 4 is 5.97 Å². The van der Waals surface area contributed by atoms with E-state index in [2.05, 4.69) is 66.7 Å². The van der Waals surface area contributed by atoms with E-state index in [1.54, 1.807) is 5.57 Å². The van der Waals surface area contributed by atoms with Crippen LogP contribution in [0.15, 0.2) is 23.8 Å². The van der Waals surface area contributed by atoms with Gasteiger partial charge in [0.25, 0.3) is 0 Å². The number of fused-ring (bicyclic) bond motifs is 5. The minimum atomic E-state index is 0.0629. The van der Waals surface area contributed by atoms with Gasteiger partial charge in [0, 0.05) is 12.8 Å². The first-order valence-electron chi connectivity index (χ1n) is 25.2. The van der Waals surface area contributed by atoms with E-state index in [-0.39, 0.29) is 12.1 Å². The van der Waals surface area contributed by atoms with Crippen LogP contribution in [-0.4, -0.2) is 12.1 Å². The van der Waals surface area contributed by atoms with Crippen molar-refractivity contribution in [2.75, 3.05) is 0 Å². The summed E-state index contributed by atoms with van der Waals surface area (Å²) in [7, 11) is 0. The van der Waals surface area contributed by atoms with Crippen LogP contribution in [0.5, 0.6) is 0 Å². The summed E-state index contributed by atoms with van der Waals surface area (Å²) in [6.45, 7) is 17.2. The van der Waals surface area contributed by atoms with Gasteiger partial charge in [-0.1, -0.05) is 201 Å². The molecule has 0 heterocycles. The molecule has 9 unspecified atom stereocenters. The van der Waals surface area contributed by atoms with Crippen LogP contribution >= 0.6 is 0 Å². The Morgan fingerprint density at radius 3 is 1.76 bits per heavy atom. The van der Waals surface area contributed by atoms with E-state index >= 15 is 0 Å². The second kappa shape index (κ2) is 24.8. The summed E-state index contributed by atoms with van der Waals surface area (Å²) in [5, 5.41) is 0. The van der Waals surface area contributed by atoms with Gasteiger partial charge in [0.15, 0.2) is 0 Å². The molecule has 0 bridgehead atoms. The lowest BCUT2D eigenvalue weighted by atomic mass is 9.47. The zero-order chi connectivity index (χ0) is 39.5. The molecule has 2 nitrogen and oxygen atoms in total. The Morgan fingerprint density at radius 2 is 1.24 bits per heavy atom. The van der Waals surface area contributed by atoms with Crippen molar-refractivity contribution in [1.82, 2.24) is 0 Å². The van der Waals surface area contributed by atoms with Crippen LogP contribution in [0.2, 0.25) is 0 Å². The van der Waals surface area contributed by atoms with E-state index in [1.807, 2.05) is 0 Å². The summed E-state index contributed by atoms with van der Waals surface area (Å²) in [6.07, 6.45) is 49.2. The molecule has 0 aromatic heterocycles. The number of unbranched alkanes of at least 4 members (excludes halogenated alkanes) is 20. The van der Waals surface area contributed by atoms with Crippen LogP contribution in [0.25, 0.3) is 0 Å². The van der Waals surface area contributed by atoms with Gasteiger partial charge in [-0.25, -0.2) is 0 Å². The van der Waals surface area contributed by atoms with E-state index in [4.69, 9.17) is 4.74 Å². The third-order valence-corrected chi connectivity index (χ3v) is 16.5. The van der Waals surface area contributed by atoms with Gasteiger partial charge < -0.3 is 4.74 Å². The highest BCUT2D eigenvalue weighted by Gasteiger charge is 2.59. The van der Waals surface area contributed by atoms with E-state index in [9.17, 15) is 4.79 Å². The number of ether oxygens (including phenoxy) is 1. The quantitative estimate of drug-likeness (QED) is 0.0451. The van der Waals surface area contributed by atoms with Crippen molar-refractivity contribution in [3.63, 3.8) is 0 Å². The van der Waals surface area contributed by atoms with Gasteiger partial charge in [0.05, 0.1) is 0 Å². The molecule has 3 saturated carbocycles. The zero-order valence-corrected chi connectivity index (χ0v) is 38.1. The molecule has 0 N–H and O–H groups in total. The maximum absolute atomic E-state index is 12.9. The predicted molar refractivity (Wildman–Crippen MR) is 239 cm³/mol.